The van der Waals surface area contributed by atoms with E-state index in [9.17, 15) is 28.2 Å². The minimum absolute atomic E-state index is 0.00686. The topological polar surface area (TPSA) is 57.5 Å². The van der Waals surface area contributed by atoms with Crippen molar-refractivity contribution in [3.05, 3.63) is 46.7 Å². The summed E-state index contributed by atoms with van der Waals surface area (Å²) in [5.74, 6) is -2.61. The number of carbonyl (C=O) groups is 1. The van der Waals surface area contributed by atoms with Gasteiger partial charge in [0.2, 0.25) is 0 Å². The largest absolute Gasteiger partial charge is 0.508 e. The lowest BCUT2D eigenvalue weighted by atomic mass is 10.1. The average molecular weight is 284 g/mol. The highest BCUT2D eigenvalue weighted by molar-refractivity contribution is 6.01. The molecule has 1 aromatic carbocycles. The summed E-state index contributed by atoms with van der Waals surface area (Å²) in [4.78, 5) is 11.1. The summed E-state index contributed by atoms with van der Waals surface area (Å²) >= 11 is 0. The first-order chi connectivity index (χ1) is 9.29. The molecule has 0 aromatic heterocycles. The Kier molecular flexibility index (Phi) is 3.57. The van der Waals surface area contributed by atoms with Crippen LogP contribution >= 0.6 is 0 Å². The second-order valence-corrected chi connectivity index (χ2v) is 4.42. The van der Waals surface area contributed by atoms with Crippen LogP contribution in [0.3, 0.4) is 0 Å². The van der Waals surface area contributed by atoms with E-state index < -0.39 is 23.3 Å². The molecule has 1 aliphatic carbocycles. The Labute approximate surface area is 112 Å². The predicted octanol–water partition coefficient (Wildman–Crippen LogP) is 3.51. The number of aliphatic hydroxyl groups is 1. The van der Waals surface area contributed by atoms with E-state index in [2.05, 4.69) is 0 Å². The Bertz CT molecular complexity index is 612. The maximum absolute atomic E-state index is 12.3. The van der Waals surface area contributed by atoms with Gasteiger partial charge in [-0.3, -0.25) is 4.79 Å². The molecule has 0 saturated carbocycles. The van der Waals surface area contributed by atoms with E-state index in [1.807, 2.05) is 0 Å². The van der Waals surface area contributed by atoms with Crippen molar-refractivity contribution in [3.8, 4) is 5.75 Å². The molecule has 0 bridgehead atoms. The molecule has 0 atom stereocenters. The molecule has 0 aliphatic heterocycles. The maximum Gasteiger partial charge on any atom is 0.454 e. The normalized spacial score (nSPS) is 17.9. The summed E-state index contributed by atoms with van der Waals surface area (Å²) < 4.78 is 37.0. The molecule has 0 amide bonds. The number of rotatable bonds is 2. The first-order valence-corrected chi connectivity index (χ1v) is 5.82. The molecule has 0 spiro atoms. The van der Waals surface area contributed by atoms with E-state index in [-0.39, 0.29) is 24.2 Å². The van der Waals surface area contributed by atoms with Crippen molar-refractivity contribution in [2.75, 3.05) is 0 Å². The van der Waals surface area contributed by atoms with Crippen LogP contribution < -0.4 is 0 Å². The smallest absolute Gasteiger partial charge is 0.454 e. The van der Waals surface area contributed by atoms with Crippen molar-refractivity contribution in [3.63, 3.8) is 0 Å². The lowest BCUT2D eigenvalue weighted by molar-refractivity contribution is -0.166. The fourth-order valence-electron chi connectivity index (χ4n) is 2.04. The van der Waals surface area contributed by atoms with E-state index in [0.29, 0.717) is 5.56 Å². The second kappa shape index (κ2) is 5.03. The van der Waals surface area contributed by atoms with Gasteiger partial charge in [0.1, 0.15) is 11.5 Å². The fraction of sp³-hybridized carbons (Fsp3) is 0.214. The standard InChI is InChI=1S/C14H11F3O3/c15-14(16,17)13(20)11-5-4-9(12(11)19)6-8-2-1-3-10(18)7-8/h1-3,6-7,18-19H,4-5H2/b9-6+. The van der Waals surface area contributed by atoms with E-state index in [4.69, 9.17) is 0 Å². The van der Waals surface area contributed by atoms with Crippen molar-refractivity contribution in [2.24, 2.45) is 0 Å². The minimum Gasteiger partial charge on any atom is -0.508 e. The van der Waals surface area contributed by atoms with Gasteiger partial charge in [-0.2, -0.15) is 13.2 Å². The van der Waals surface area contributed by atoms with Crippen molar-refractivity contribution in [2.45, 2.75) is 19.0 Å². The third-order valence-corrected chi connectivity index (χ3v) is 2.98. The van der Waals surface area contributed by atoms with Gasteiger partial charge < -0.3 is 10.2 Å². The summed E-state index contributed by atoms with van der Waals surface area (Å²) in [6.07, 6.45) is -3.52. The first kappa shape index (κ1) is 14.2. The zero-order chi connectivity index (χ0) is 14.9. The van der Waals surface area contributed by atoms with Gasteiger partial charge in [0.05, 0.1) is 0 Å². The molecule has 2 rings (SSSR count). The molecule has 2 N–H and O–H groups in total. The van der Waals surface area contributed by atoms with Crippen LogP contribution in [-0.4, -0.2) is 22.2 Å². The molecule has 0 fully saturated rings. The summed E-state index contributed by atoms with van der Waals surface area (Å²) in [7, 11) is 0. The number of phenols is 1. The quantitative estimate of drug-likeness (QED) is 0.873. The zero-order valence-corrected chi connectivity index (χ0v) is 10.2. The molecule has 0 saturated heterocycles. The second-order valence-electron chi connectivity index (χ2n) is 4.42. The van der Waals surface area contributed by atoms with Crippen LogP contribution in [-0.2, 0) is 4.79 Å². The number of aliphatic hydroxyl groups excluding tert-OH is 1. The number of phenolic OH excluding ortho intramolecular Hbond substituents is 1. The monoisotopic (exact) mass is 284 g/mol. The number of alkyl halides is 3. The van der Waals surface area contributed by atoms with Crippen LogP contribution in [0.15, 0.2) is 41.2 Å². The fourth-order valence-corrected chi connectivity index (χ4v) is 2.04. The highest BCUT2D eigenvalue weighted by atomic mass is 19.4. The Morgan fingerprint density at radius 1 is 1.20 bits per heavy atom. The number of aromatic hydroxyl groups is 1. The predicted molar refractivity (Wildman–Crippen MR) is 66.0 cm³/mol. The Balaban J connectivity index is 2.33. The molecule has 0 unspecified atom stereocenters. The third-order valence-electron chi connectivity index (χ3n) is 2.98. The summed E-state index contributed by atoms with van der Waals surface area (Å²) in [6, 6.07) is 6.05. The van der Waals surface area contributed by atoms with Crippen LogP contribution in [0.1, 0.15) is 18.4 Å². The van der Waals surface area contributed by atoms with Gasteiger partial charge in [-0.1, -0.05) is 12.1 Å². The highest BCUT2D eigenvalue weighted by Crippen LogP contribution is 2.35. The van der Waals surface area contributed by atoms with E-state index >= 15 is 0 Å². The molecule has 0 radical (unpaired) electrons. The summed E-state index contributed by atoms with van der Waals surface area (Å²) in [5.41, 5.74) is 0.180. The molecule has 6 heteroatoms. The SMILES string of the molecule is O=C(C1=C(O)/C(=C/c2cccc(O)c2)CC1)C(F)(F)F. The van der Waals surface area contributed by atoms with Crippen molar-refractivity contribution >= 4 is 11.9 Å². The number of hydrogen-bond donors (Lipinski definition) is 2. The first-order valence-electron chi connectivity index (χ1n) is 5.82. The van der Waals surface area contributed by atoms with Crippen LogP contribution in [0, 0.1) is 0 Å². The van der Waals surface area contributed by atoms with Gasteiger partial charge in [-0.05, 0) is 42.2 Å². The highest BCUT2D eigenvalue weighted by Gasteiger charge is 2.43. The van der Waals surface area contributed by atoms with E-state index in [1.165, 1.54) is 18.2 Å². The molecule has 1 aromatic rings. The lowest BCUT2D eigenvalue weighted by Crippen LogP contribution is -2.24. The number of carbonyl (C=O) groups excluding carboxylic acids is 1. The number of halogens is 3. The Morgan fingerprint density at radius 3 is 2.50 bits per heavy atom. The molecule has 106 valence electrons. The van der Waals surface area contributed by atoms with Crippen molar-refractivity contribution in [1.82, 2.24) is 0 Å². The van der Waals surface area contributed by atoms with Gasteiger partial charge >= 0.3 is 6.18 Å². The Morgan fingerprint density at radius 2 is 1.90 bits per heavy atom. The average Bonchev–Trinajstić information content (AvgIpc) is 2.69. The van der Waals surface area contributed by atoms with Crippen LogP contribution in [0.2, 0.25) is 0 Å². The molecular weight excluding hydrogens is 273 g/mol. The van der Waals surface area contributed by atoms with Crippen LogP contribution in [0.25, 0.3) is 6.08 Å². The van der Waals surface area contributed by atoms with Crippen molar-refractivity contribution < 1.29 is 28.2 Å². The number of allylic oxidation sites excluding steroid dienone is 2. The van der Waals surface area contributed by atoms with Gasteiger partial charge in [0.15, 0.2) is 0 Å². The molecule has 0 heterocycles. The molecule has 1 aliphatic rings. The summed E-state index contributed by atoms with van der Waals surface area (Å²) in [6.45, 7) is 0. The van der Waals surface area contributed by atoms with E-state index in [0.717, 1.165) is 0 Å². The van der Waals surface area contributed by atoms with Gasteiger partial charge in [0.25, 0.3) is 5.78 Å². The van der Waals surface area contributed by atoms with Gasteiger partial charge in [-0.15, -0.1) is 0 Å². The Hall–Kier alpha value is -2.24. The van der Waals surface area contributed by atoms with Crippen LogP contribution in [0.4, 0.5) is 13.2 Å². The summed E-state index contributed by atoms with van der Waals surface area (Å²) in [5, 5.41) is 19.0. The lowest BCUT2D eigenvalue weighted by Gasteiger charge is -2.05. The zero-order valence-electron chi connectivity index (χ0n) is 10.2. The van der Waals surface area contributed by atoms with Crippen LogP contribution in [0.5, 0.6) is 5.75 Å². The number of ketones is 1. The van der Waals surface area contributed by atoms with E-state index in [1.54, 1.807) is 12.1 Å². The molecule has 3 nitrogen and oxygen atoms in total. The van der Waals surface area contributed by atoms with Gasteiger partial charge in [-0.25, -0.2) is 0 Å². The van der Waals surface area contributed by atoms with Gasteiger partial charge in [0, 0.05) is 5.57 Å². The molecular formula is C14H11F3O3. The number of hydrogen-bond acceptors (Lipinski definition) is 3. The third kappa shape index (κ3) is 2.84. The van der Waals surface area contributed by atoms with Crippen molar-refractivity contribution in [1.29, 1.82) is 0 Å². The minimum atomic E-state index is -4.98. The molecule has 20 heavy (non-hydrogen) atoms. The number of benzene rings is 1. The number of Topliss-reactive ketones (excluding diaryl/α,β-unsaturated/α-hetero) is 1. The maximum atomic E-state index is 12.3.